The van der Waals surface area contributed by atoms with Crippen LogP contribution in [0.3, 0.4) is 0 Å². The summed E-state index contributed by atoms with van der Waals surface area (Å²) in [4.78, 5) is 22.1. The Morgan fingerprint density at radius 1 is 1.17 bits per heavy atom. The van der Waals surface area contributed by atoms with Crippen molar-refractivity contribution < 1.29 is 9.18 Å². The number of nitrogens with one attached hydrogen (secondary N) is 1. The summed E-state index contributed by atoms with van der Waals surface area (Å²) in [5.74, 6) is 0.153. The van der Waals surface area contributed by atoms with Crippen LogP contribution in [0.25, 0.3) is 0 Å². The first kappa shape index (κ1) is 22.6. The van der Waals surface area contributed by atoms with E-state index in [2.05, 4.69) is 48.1 Å². The molecule has 0 spiro atoms. The molecule has 0 aliphatic carbocycles. The topological polar surface area (TPSA) is 45.2 Å². The van der Waals surface area contributed by atoms with Crippen molar-refractivity contribution in [2.24, 2.45) is 5.92 Å². The number of carbonyl (C=O) groups is 1. The maximum atomic E-state index is 13.0. The second kappa shape index (κ2) is 10.8. The van der Waals surface area contributed by atoms with Gasteiger partial charge >= 0.3 is 0 Å². The SMILES string of the molecule is Cc1ccc(CN(CCC(C)C)Cc2nc(C(=O)NCc3ccc(F)cc3)cs2)s1. The van der Waals surface area contributed by atoms with Gasteiger partial charge in [0.2, 0.25) is 0 Å². The molecule has 3 aromatic rings. The number of benzene rings is 1. The molecule has 0 radical (unpaired) electrons. The van der Waals surface area contributed by atoms with Gasteiger partial charge in [-0.05, 0) is 55.6 Å². The van der Waals surface area contributed by atoms with Gasteiger partial charge in [-0.1, -0.05) is 26.0 Å². The quantitative estimate of drug-likeness (QED) is 0.440. The molecule has 3 rings (SSSR count). The first-order valence-electron chi connectivity index (χ1n) is 10.1. The van der Waals surface area contributed by atoms with Gasteiger partial charge in [-0.3, -0.25) is 9.69 Å². The van der Waals surface area contributed by atoms with Crippen LogP contribution in [0.2, 0.25) is 0 Å². The molecule has 160 valence electrons. The first-order valence-corrected chi connectivity index (χ1v) is 11.8. The monoisotopic (exact) mass is 445 g/mol. The van der Waals surface area contributed by atoms with E-state index in [1.165, 1.54) is 33.2 Å². The van der Waals surface area contributed by atoms with Gasteiger partial charge in [0, 0.05) is 28.2 Å². The number of thiophene rings is 1. The summed E-state index contributed by atoms with van der Waals surface area (Å²) in [6, 6.07) is 10.5. The van der Waals surface area contributed by atoms with Crippen molar-refractivity contribution in [1.29, 1.82) is 0 Å². The number of amides is 1. The van der Waals surface area contributed by atoms with E-state index in [1.807, 2.05) is 16.7 Å². The number of hydrogen-bond acceptors (Lipinski definition) is 5. The van der Waals surface area contributed by atoms with E-state index in [9.17, 15) is 9.18 Å². The Kier molecular flexibility index (Phi) is 8.13. The van der Waals surface area contributed by atoms with Crippen molar-refractivity contribution in [3.8, 4) is 0 Å². The van der Waals surface area contributed by atoms with E-state index in [1.54, 1.807) is 12.1 Å². The van der Waals surface area contributed by atoms with E-state index >= 15 is 0 Å². The minimum atomic E-state index is -0.283. The van der Waals surface area contributed by atoms with Crippen molar-refractivity contribution >= 4 is 28.6 Å². The van der Waals surface area contributed by atoms with Gasteiger partial charge in [-0.2, -0.15) is 0 Å². The third kappa shape index (κ3) is 7.00. The molecule has 30 heavy (non-hydrogen) atoms. The third-order valence-corrected chi connectivity index (χ3v) is 6.53. The summed E-state index contributed by atoms with van der Waals surface area (Å²) in [5, 5.41) is 5.61. The van der Waals surface area contributed by atoms with E-state index in [0.29, 0.717) is 18.2 Å². The van der Waals surface area contributed by atoms with E-state index in [4.69, 9.17) is 0 Å². The molecule has 0 saturated heterocycles. The molecule has 0 aliphatic rings. The number of aromatic nitrogens is 1. The Hall–Kier alpha value is -2.09. The van der Waals surface area contributed by atoms with Gasteiger partial charge < -0.3 is 5.32 Å². The first-order chi connectivity index (χ1) is 14.4. The Balaban J connectivity index is 1.58. The van der Waals surface area contributed by atoms with Crippen LogP contribution in [-0.2, 0) is 19.6 Å². The van der Waals surface area contributed by atoms with Gasteiger partial charge in [0.1, 0.15) is 16.5 Å². The average Bonchev–Trinajstić information content (AvgIpc) is 3.34. The normalized spacial score (nSPS) is 11.4. The Morgan fingerprint density at radius 3 is 2.60 bits per heavy atom. The van der Waals surface area contributed by atoms with Crippen LogP contribution in [0.1, 0.15) is 51.1 Å². The lowest BCUT2D eigenvalue weighted by Crippen LogP contribution is -2.25. The summed E-state index contributed by atoms with van der Waals surface area (Å²) in [7, 11) is 0. The maximum Gasteiger partial charge on any atom is 0.271 e. The van der Waals surface area contributed by atoms with Crippen LogP contribution < -0.4 is 5.32 Å². The lowest BCUT2D eigenvalue weighted by atomic mass is 10.1. The molecule has 0 saturated carbocycles. The highest BCUT2D eigenvalue weighted by Gasteiger charge is 2.15. The minimum absolute atomic E-state index is 0.204. The number of aryl methyl sites for hydroxylation is 1. The molecule has 4 nitrogen and oxygen atoms in total. The summed E-state index contributed by atoms with van der Waals surface area (Å²) in [5.41, 5.74) is 1.29. The standard InChI is InChI=1S/C23H28FN3OS2/c1-16(2)10-11-27(13-20-9-4-17(3)30-20)14-22-26-21(15-29-22)23(28)25-12-18-5-7-19(24)8-6-18/h4-9,15-16H,10-14H2,1-3H3,(H,25,28). The summed E-state index contributed by atoms with van der Waals surface area (Å²) < 4.78 is 13.0. The number of rotatable bonds is 10. The third-order valence-electron chi connectivity index (χ3n) is 4.71. The lowest BCUT2D eigenvalue weighted by Gasteiger charge is -2.21. The second-order valence-electron chi connectivity index (χ2n) is 7.84. The van der Waals surface area contributed by atoms with E-state index in [0.717, 1.165) is 36.6 Å². The summed E-state index contributed by atoms with van der Waals surface area (Å²) >= 11 is 3.35. The molecule has 2 heterocycles. The minimum Gasteiger partial charge on any atom is -0.347 e. The van der Waals surface area contributed by atoms with Crippen molar-refractivity contribution in [3.05, 3.63) is 73.6 Å². The number of halogens is 1. The molecule has 1 amide bonds. The molecular formula is C23H28FN3OS2. The molecular weight excluding hydrogens is 417 g/mol. The maximum absolute atomic E-state index is 13.0. The summed E-state index contributed by atoms with van der Waals surface area (Å²) in [6.07, 6.45) is 1.13. The Bertz CT molecular complexity index is 950. The van der Waals surface area contributed by atoms with Crippen molar-refractivity contribution in [1.82, 2.24) is 15.2 Å². The second-order valence-corrected chi connectivity index (χ2v) is 10.2. The van der Waals surface area contributed by atoms with Crippen LogP contribution in [-0.4, -0.2) is 22.3 Å². The molecule has 1 N–H and O–H groups in total. The molecule has 0 unspecified atom stereocenters. The van der Waals surface area contributed by atoms with Gasteiger partial charge in [0.25, 0.3) is 5.91 Å². The number of nitrogens with zero attached hydrogens (tertiary/aromatic N) is 2. The molecule has 0 bridgehead atoms. The van der Waals surface area contributed by atoms with Crippen molar-refractivity contribution in [3.63, 3.8) is 0 Å². The fraction of sp³-hybridized carbons (Fsp3) is 0.391. The highest BCUT2D eigenvalue weighted by molar-refractivity contribution is 7.11. The zero-order valence-corrected chi connectivity index (χ0v) is 19.3. The molecule has 1 aromatic carbocycles. The van der Waals surface area contributed by atoms with Crippen molar-refractivity contribution in [2.75, 3.05) is 6.54 Å². The largest absolute Gasteiger partial charge is 0.347 e. The predicted octanol–water partition coefficient (Wildman–Crippen LogP) is 5.63. The fourth-order valence-corrected chi connectivity index (χ4v) is 4.75. The van der Waals surface area contributed by atoms with Crippen LogP contribution in [0.15, 0.2) is 41.8 Å². The predicted molar refractivity (Wildman–Crippen MR) is 122 cm³/mol. The Morgan fingerprint density at radius 2 is 1.93 bits per heavy atom. The van der Waals surface area contributed by atoms with Gasteiger partial charge in [-0.25, -0.2) is 9.37 Å². The zero-order chi connectivity index (χ0) is 21.5. The zero-order valence-electron chi connectivity index (χ0n) is 17.7. The van der Waals surface area contributed by atoms with E-state index in [-0.39, 0.29) is 11.7 Å². The van der Waals surface area contributed by atoms with Gasteiger partial charge in [-0.15, -0.1) is 22.7 Å². The van der Waals surface area contributed by atoms with Crippen LogP contribution >= 0.6 is 22.7 Å². The number of hydrogen-bond donors (Lipinski definition) is 1. The summed E-state index contributed by atoms with van der Waals surface area (Å²) in [6.45, 7) is 9.59. The number of carbonyl (C=O) groups excluding carboxylic acids is 1. The van der Waals surface area contributed by atoms with Crippen molar-refractivity contribution in [2.45, 2.75) is 46.8 Å². The molecule has 0 fully saturated rings. The molecule has 0 atom stereocenters. The smallest absolute Gasteiger partial charge is 0.271 e. The van der Waals surface area contributed by atoms with Crippen LogP contribution in [0.4, 0.5) is 4.39 Å². The molecule has 7 heteroatoms. The lowest BCUT2D eigenvalue weighted by molar-refractivity contribution is 0.0946. The van der Waals surface area contributed by atoms with Gasteiger partial charge in [0.15, 0.2) is 0 Å². The van der Waals surface area contributed by atoms with Crippen LogP contribution in [0, 0.1) is 18.7 Å². The molecule has 0 aliphatic heterocycles. The molecule has 2 aromatic heterocycles. The van der Waals surface area contributed by atoms with E-state index < -0.39 is 0 Å². The number of thiazole rings is 1. The highest BCUT2D eigenvalue weighted by atomic mass is 32.1. The fourth-order valence-electron chi connectivity index (χ4n) is 3.00. The van der Waals surface area contributed by atoms with Crippen LogP contribution in [0.5, 0.6) is 0 Å². The highest BCUT2D eigenvalue weighted by Crippen LogP contribution is 2.20. The van der Waals surface area contributed by atoms with Gasteiger partial charge in [0.05, 0.1) is 6.54 Å². The Labute approximate surface area is 185 Å². The average molecular weight is 446 g/mol.